The zero-order valence-corrected chi connectivity index (χ0v) is 10.1. The lowest BCUT2D eigenvalue weighted by molar-refractivity contribution is -0.126. The van der Waals surface area contributed by atoms with Crippen molar-refractivity contribution in [2.75, 3.05) is 6.54 Å². The average molecular weight is 226 g/mol. The number of hydrogen-bond donors (Lipinski definition) is 2. The molecule has 0 atom stereocenters. The molecule has 2 N–H and O–H groups in total. The van der Waals surface area contributed by atoms with Crippen molar-refractivity contribution in [3.8, 4) is 0 Å². The standard InChI is InChI=1S/C12H22N2O2/c1-2-11(15)13-9-12(16)14-10-7-5-3-4-6-8-10/h10H,2-9H2,1H3,(H,13,15)(H,14,16). The number of rotatable bonds is 4. The van der Waals surface area contributed by atoms with Crippen LogP contribution in [-0.2, 0) is 9.59 Å². The molecule has 0 aromatic rings. The molecule has 1 fully saturated rings. The summed E-state index contributed by atoms with van der Waals surface area (Å²) >= 11 is 0. The number of amides is 2. The van der Waals surface area contributed by atoms with Gasteiger partial charge in [-0.1, -0.05) is 32.6 Å². The van der Waals surface area contributed by atoms with Crippen LogP contribution in [0, 0.1) is 0 Å². The van der Waals surface area contributed by atoms with Crippen LogP contribution >= 0.6 is 0 Å². The van der Waals surface area contributed by atoms with Gasteiger partial charge in [0.15, 0.2) is 0 Å². The fourth-order valence-electron chi connectivity index (χ4n) is 2.01. The van der Waals surface area contributed by atoms with E-state index in [-0.39, 0.29) is 18.4 Å². The molecule has 4 nitrogen and oxygen atoms in total. The first kappa shape index (κ1) is 13.0. The number of nitrogens with one attached hydrogen (secondary N) is 2. The van der Waals surface area contributed by atoms with Gasteiger partial charge in [-0.15, -0.1) is 0 Å². The van der Waals surface area contributed by atoms with Crippen LogP contribution in [-0.4, -0.2) is 24.4 Å². The summed E-state index contributed by atoms with van der Waals surface area (Å²) in [6.45, 7) is 1.89. The lowest BCUT2D eigenvalue weighted by Gasteiger charge is -2.16. The van der Waals surface area contributed by atoms with E-state index in [1.54, 1.807) is 6.92 Å². The smallest absolute Gasteiger partial charge is 0.239 e. The van der Waals surface area contributed by atoms with Crippen molar-refractivity contribution in [2.45, 2.75) is 57.9 Å². The monoisotopic (exact) mass is 226 g/mol. The summed E-state index contributed by atoms with van der Waals surface area (Å²) < 4.78 is 0. The molecule has 0 bridgehead atoms. The second kappa shape index (κ2) is 7.25. The Morgan fingerprint density at radius 1 is 1.06 bits per heavy atom. The van der Waals surface area contributed by atoms with Crippen molar-refractivity contribution < 1.29 is 9.59 Å². The summed E-state index contributed by atoms with van der Waals surface area (Å²) in [4.78, 5) is 22.5. The number of carbonyl (C=O) groups excluding carboxylic acids is 2. The molecule has 1 rings (SSSR count). The van der Waals surface area contributed by atoms with Crippen LogP contribution in [0.5, 0.6) is 0 Å². The molecule has 0 heterocycles. The lowest BCUT2D eigenvalue weighted by atomic mass is 10.1. The highest BCUT2D eigenvalue weighted by Gasteiger charge is 2.14. The second-order valence-electron chi connectivity index (χ2n) is 4.39. The minimum Gasteiger partial charge on any atom is -0.352 e. The Labute approximate surface area is 97.2 Å². The van der Waals surface area contributed by atoms with E-state index in [0.29, 0.717) is 12.5 Å². The van der Waals surface area contributed by atoms with Gasteiger partial charge in [0.2, 0.25) is 11.8 Å². The van der Waals surface area contributed by atoms with E-state index >= 15 is 0 Å². The van der Waals surface area contributed by atoms with Gasteiger partial charge in [-0.3, -0.25) is 9.59 Å². The quantitative estimate of drug-likeness (QED) is 0.711. The van der Waals surface area contributed by atoms with E-state index in [2.05, 4.69) is 10.6 Å². The van der Waals surface area contributed by atoms with Crippen LogP contribution in [0.1, 0.15) is 51.9 Å². The Morgan fingerprint density at radius 3 is 2.25 bits per heavy atom. The summed E-state index contributed by atoms with van der Waals surface area (Å²) in [7, 11) is 0. The van der Waals surface area contributed by atoms with Crippen LogP contribution in [0.15, 0.2) is 0 Å². The third kappa shape index (κ3) is 5.14. The van der Waals surface area contributed by atoms with E-state index in [4.69, 9.17) is 0 Å². The number of hydrogen-bond acceptors (Lipinski definition) is 2. The van der Waals surface area contributed by atoms with Gasteiger partial charge in [0.05, 0.1) is 6.54 Å². The van der Waals surface area contributed by atoms with Gasteiger partial charge in [-0.2, -0.15) is 0 Å². The van der Waals surface area contributed by atoms with Gasteiger partial charge in [0.1, 0.15) is 0 Å². The van der Waals surface area contributed by atoms with E-state index in [0.717, 1.165) is 12.8 Å². The minimum absolute atomic E-state index is 0.0614. The molecule has 0 saturated heterocycles. The van der Waals surface area contributed by atoms with Crippen LogP contribution in [0.3, 0.4) is 0 Å². The fourth-order valence-corrected chi connectivity index (χ4v) is 2.01. The van der Waals surface area contributed by atoms with E-state index in [1.807, 2.05) is 0 Å². The van der Waals surface area contributed by atoms with Gasteiger partial charge in [0.25, 0.3) is 0 Å². The molecule has 92 valence electrons. The molecule has 1 saturated carbocycles. The normalized spacial score (nSPS) is 17.6. The molecule has 1 aliphatic rings. The van der Waals surface area contributed by atoms with E-state index in [9.17, 15) is 9.59 Å². The van der Waals surface area contributed by atoms with Crippen molar-refractivity contribution in [3.05, 3.63) is 0 Å². The summed E-state index contributed by atoms with van der Waals surface area (Å²) in [6.07, 6.45) is 7.54. The lowest BCUT2D eigenvalue weighted by Crippen LogP contribution is -2.41. The molecular weight excluding hydrogens is 204 g/mol. The fraction of sp³-hybridized carbons (Fsp3) is 0.833. The molecule has 0 radical (unpaired) electrons. The van der Waals surface area contributed by atoms with Crippen molar-refractivity contribution in [3.63, 3.8) is 0 Å². The van der Waals surface area contributed by atoms with E-state index < -0.39 is 0 Å². The minimum atomic E-state index is -0.0731. The summed E-state index contributed by atoms with van der Waals surface area (Å²) in [6, 6.07) is 0.313. The molecule has 0 spiro atoms. The zero-order valence-electron chi connectivity index (χ0n) is 10.1. The SMILES string of the molecule is CCC(=O)NCC(=O)NC1CCCCCC1. The molecule has 1 aliphatic carbocycles. The first-order valence-corrected chi connectivity index (χ1v) is 6.28. The Hall–Kier alpha value is -1.06. The third-order valence-corrected chi connectivity index (χ3v) is 2.99. The highest BCUT2D eigenvalue weighted by Crippen LogP contribution is 2.16. The van der Waals surface area contributed by atoms with Gasteiger partial charge in [0, 0.05) is 12.5 Å². The van der Waals surface area contributed by atoms with Crippen molar-refractivity contribution in [1.29, 1.82) is 0 Å². The maximum Gasteiger partial charge on any atom is 0.239 e. The van der Waals surface area contributed by atoms with Crippen molar-refractivity contribution >= 4 is 11.8 Å². The van der Waals surface area contributed by atoms with Gasteiger partial charge in [-0.25, -0.2) is 0 Å². The predicted octanol–water partition coefficient (Wildman–Crippen LogP) is 1.35. The van der Waals surface area contributed by atoms with Crippen LogP contribution < -0.4 is 10.6 Å². The van der Waals surface area contributed by atoms with Gasteiger partial charge < -0.3 is 10.6 Å². The summed E-state index contributed by atoms with van der Waals surface area (Å²) in [5.74, 6) is -0.135. The highest BCUT2D eigenvalue weighted by atomic mass is 16.2. The first-order chi connectivity index (χ1) is 7.72. The van der Waals surface area contributed by atoms with Crippen LogP contribution in [0.4, 0.5) is 0 Å². The second-order valence-corrected chi connectivity index (χ2v) is 4.39. The Kier molecular flexibility index (Phi) is 5.90. The Morgan fingerprint density at radius 2 is 1.69 bits per heavy atom. The topological polar surface area (TPSA) is 58.2 Å². The summed E-state index contributed by atoms with van der Waals surface area (Å²) in [5, 5.41) is 5.57. The van der Waals surface area contributed by atoms with Crippen molar-refractivity contribution in [2.24, 2.45) is 0 Å². The molecule has 0 aliphatic heterocycles. The maximum atomic E-state index is 11.5. The van der Waals surface area contributed by atoms with E-state index in [1.165, 1.54) is 25.7 Å². The van der Waals surface area contributed by atoms with Gasteiger partial charge in [-0.05, 0) is 12.8 Å². The molecule has 2 amide bonds. The Balaban J connectivity index is 2.19. The van der Waals surface area contributed by atoms with Crippen LogP contribution in [0.2, 0.25) is 0 Å². The first-order valence-electron chi connectivity index (χ1n) is 6.28. The molecule has 0 aromatic heterocycles. The Bertz CT molecular complexity index is 233. The van der Waals surface area contributed by atoms with Crippen molar-refractivity contribution in [1.82, 2.24) is 10.6 Å². The van der Waals surface area contributed by atoms with Crippen LogP contribution in [0.25, 0.3) is 0 Å². The predicted molar refractivity (Wildman–Crippen MR) is 62.9 cm³/mol. The average Bonchev–Trinajstić information content (AvgIpc) is 2.54. The highest BCUT2D eigenvalue weighted by molar-refractivity contribution is 5.84. The molecular formula is C12H22N2O2. The maximum absolute atomic E-state index is 11.5. The molecule has 4 heteroatoms. The third-order valence-electron chi connectivity index (χ3n) is 2.99. The molecule has 0 unspecified atom stereocenters. The zero-order chi connectivity index (χ0) is 11.8. The molecule has 16 heavy (non-hydrogen) atoms. The largest absolute Gasteiger partial charge is 0.352 e. The van der Waals surface area contributed by atoms with Gasteiger partial charge >= 0.3 is 0 Å². The summed E-state index contributed by atoms with van der Waals surface area (Å²) in [5.41, 5.74) is 0. The molecule has 0 aromatic carbocycles. The number of carbonyl (C=O) groups is 2.